The number of aromatic nitrogens is 1. The van der Waals surface area contributed by atoms with Crippen LogP contribution in [0.1, 0.15) is 26.3 Å². The van der Waals surface area contributed by atoms with Gasteiger partial charge in [-0.05, 0) is 38.1 Å². The molecule has 0 unspecified atom stereocenters. The molecule has 1 aromatic heterocycles. The first-order chi connectivity index (χ1) is 8.17. The van der Waals surface area contributed by atoms with Crippen molar-refractivity contribution in [3.05, 3.63) is 36.0 Å². The van der Waals surface area contributed by atoms with Crippen LogP contribution >= 0.6 is 0 Å². The molecule has 3 nitrogen and oxygen atoms in total. The number of nitrogens with one attached hydrogen (secondary N) is 1. The van der Waals surface area contributed by atoms with Gasteiger partial charge in [-0.2, -0.15) is 0 Å². The van der Waals surface area contributed by atoms with Crippen LogP contribution in [-0.4, -0.2) is 24.6 Å². The van der Waals surface area contributed by atoms with Gasteiger partial charge in [0.25, 0.3) is 0 Å². The van der Waals surface area contributed by atoms with Crippen molar-refractivity contribution in [3.63, 3.8) is 0 Å². The molecule has 1 heterocycles. The summed E-state index contributed by atoms with van der Waals surface area (Å²) in [5.74, 6) is 1.03. The summed E-state index contributed by atoms with van der Waals surface area (Å²) in [6.45, 7) is 14.0. The summed E-state index contributed by atoms with van der Waals surface area (Å²) >= 11 is 0. The van der Waals surface area contributed by atoms with Crippen LogP contribution in [0.3, 0.4) is 0 Å². The molecule has 0 spiro atoms. The monoisotopic (exact) mass is 233 g/mol. The van der Waals surface area contributed by atoms with Gasteiger partial charge in [0.1, 0.15) is 5.82 Å². The van der Waals surface area contributed by atoms with Crippen LogP contribution < -0.4 is 10.2 Å². The third kappa shape index (κ3) is 4.57. The molecule has 1 rings (SSSR count). The molecular formula is C14H23N3. The molecule has 0 saturated heterocycles. The zero-order valence-electron chi connectivity index (χ0n) is 11.2. The summed E-state index contributed by atoms with van der Waals surface area (Å²) in [7, 11) is 0. The van der Waals surface area contributed by atoms with Crippen molar-refractivity contribution in [2.75, 3.05) is 24.5 Å². The van der Waals surface area contributed by atoms with Gasteiger partial charge in [-0.15, -0.1) is 0 Å². The van der Waals surface area contributed by atoms with Crippen LogP contribution in [0.4, 0.5) is 5.82 Å². The molecule has 0 saturated carbocycles. The number of rotatable bonds is 7. The average Bonchev–Trinajstić information content (AvgIpc) is 2.33. The lowest BCUT2D eigenvalue weighted by Gasteiger charge is -2.22. The Hall–Kier alpha value is -1.35. The minimum absolute atomic E-state index is 0.869. The van der Waals surface area contributed by atoms with E-state index in [2.05, 4.69) is 47.8 Å². The van der Waals surface area contributed by atoms with Crippen molar-refractivity contribution in [1.82, 2.24) is 10.3 Å². The van der Waals surface area contributed by atoms with Crippen molar-refractivity contribution in [2.24, 2.45) is 0 Å². The maximum absolute atomic E-state index is 4.43. The van der Waals surface area contributed by atoms with E-state index in [1.807, 2.05) is 13.1 Å². The Morgan fingerprint density at radius 1 is 1.47 bits per heavy atom. The number of likely N-dealkylation sites (N-methyl/N-ethyl adjacent to an activating group) is 1. The van der Waals surface area contributed by atoms with E-state index in [1.54, 1.807) is 0 Å². The van der Waals surface area contributed by atoms with E-state index in [1.165, 1.54) is 5.56 Å². The first-order valence-corrected chi connectivity index (χ1v) is 6.22. The van der Waals surface area contributed by atoms with E-state index in [9.17, 15) is 0 Å². The predicted octanol–water partition coefficient (Wildman–Crippen LogP) is 2.59. The molecule has 0 bridgehead atoms. The molecule has 17 heavy (non-hydrogen) atoms. The third-order valence-corrected chi connectivity index (χ3v) is 2.56. The maximum Gasteiger partial charge on any atom is 0.129 e. The van der Waals surface area contributed by atoms with Crippen molar-refractivity contribution in [1.29, 1.82) is 0 Å². The molecule has 0 aliphatic heterocycles. The highest BCUT2D eigenvalue weighted by molar-refractivity contribution is 5.42. The summed E-state index contributed by atoms with van der Waals surface area (Å²) in [4.78, 5) is 6.66. The van der Waals surface area contributed by atoms with Gasteiger partial charge in [-0.3, -0.25) is 0 Å². The highest BCUT2D eigenvalue weighted by Crippen LogP contribution is 2.13. The van der Waals surface area contributed by atoms with Gasteiger partial charge in [-0.25, -0.2) is 4.98 Å². The second-order valence-corrected chi connectivity index (χ2v) is 4.27. The largest absolute Gasteiger partial charge is 0.353 e. The molecule has 1 N–H and O–H groups in total. The molecule has 0 fully saturated rings. The molecule has 3 heteroatoms. The van der Waals surface area contributed by atoms with Crippen LogP contribution in [0.2, 0.25) is 0 Å². The summed E-state index contributed by atoms with van der Waals surface area (Å²) < 4.78 is 0. The van der Waals surface area contributed by atoms with E-state index >= 15 is 0 Å². The van der Waals surface area contributed by atoms with Crippen molar-refractivity contribution in [2.45, 2.75) is 27.3 Å². The molecule has 0 amide bonds. The van der Waals surface area contributed by atoms with E-state index < -0.39 is 0 Å². The Kier molecular flexibility index (Phi) is 5.70. The fraction of sp³-hybridized carbons (Fsp3) is 0.500. The highest BCUT2D eigenvalue weighted by atomic mass is 15.2. The van der Waals surface area contributed by atoms with Crippen LogP contribution in [0.5, 0.6) is 0 Å². The minimum atomic E-state index is 0.869. The zero-order valence-corrected chi connectivity index (χ0v) is 11.2. The number of pyridine rings is 1. The van der Waals surface area contributed by atoms with Gasteiger partial charge in [-0.1, -0.05) is 19.1 Å². The number of hydrogen-bond acceptors (Lipinski definition) is 3. The number of anilines is 1. The van der Waals surface area contributed by atoms with Gasteiger partial charge in [0.05, 0.1) is 0 Å². The van der Waals surface area contributed by atoms with E-state index in [0.717, 1.165) is 37.6 Å². The van der Waals surface area contributed by atoms with E-state index in [4.69, 9.17) is 0 Å². The van der Waals surface area contributed by atoms with Gasteiger partial charge in [0.2, 0.25) is 0 Å². The number of nitrogens with zero attached hydrogens (tertiary/aromatic N) is 2. The predicted molar refractivity (Wildman–Crippen MR) is 74.3 cm³/mol. The van der Waals surface area contributed by atoms with Crippen LogP contribution in [-0.2, 0) is 6.54 Å². The van der Waals surface area contributed by atoms with Crippen LogP contribution in [0.25, 0.3) is 0 Å². The Balaban J connectivity index is 2.77. The average molecular weight is 233 g/mol. The molecule has 0 radical (unpaired) electrons. The summed E-state index contributed by atoms with van der Waals surface area (Å²) in [6, 6.07) is 4.20. The summed E-state index contributed by atoms with van der Waals surface area (Å²) in [5.41, 5.74) is 2.43. The van der Waals surface area contributed by atoms with E-state index in [0.29, 0.717) is 0 Å². The standard InChI is InChI=1S/C14H23N3/c1-5-15-10-13-7-8-16-14(9-13)17(6-2)11-12(3)4/h7-9,15H,3,5-6,10-11H2,1-2,4H3. The minimum Gasteiger partial charge on any atom is -0.353 e. The smallest absolute Gasteiger partial charge is 0.129 e. The van der Waals surface area contributed by atoms with Crippen LogP contribution in [0.15, 0.2) is 30.5 Å². The van der Waals surface area contributed by atoms with Crippen molar-refractivity contribution in [3.8, 4) is 0 Å². The fourth-order valence-corrected chi connectivity index (χ4v) is 1.69. The molecule has 1 aromatic rings. The third-order valence-electron chi connectivity index (χ3n) is 2.56. The lowest BCUT2D eigenvalue weighted by molar-refractivity contribution is 0.724. The Morgan fingerprint density at radius 2 is 2.24 bits per heavy atom. The normalized spacial score (nSPS) is 10.3. The molecular weight excluding hydrogens is 210 g/mol. The second kappa shape index (κ2) is 7.07. The van der Waals surface area contributed by atoms with Gasteiger partial charge < -0.3 is 10.2 Å². The van der Waals surface area contributed by atoms with Crippen LogP contribution in [0, 0.1) is 0 Å². The maximum atomic E-state index is 4.43. The Morgan fingerprint density at radius 3 is 2.82 bits per heavy atom. The van der Waals surface area contributed by atoms with Gasteiger partial charge in [0.15, 0.2) is 0 Å². The molecule has 0 aliphatic rings. The molecule has 0 aromatic carbocycles. The SMILES string of the molecule is C=C(C)CN(CC)c1cc(CNCC)ccn1. The zero-order chi connectivity index (χ0) is 12.7. The highest BCUT2D eigenvalue weighted by Gasteiger charge is 2.06. The lowest BCUT2D eigenvalue weighted by atomic mass is 10.2. The second-order valence-electron chi connectivity index (χ2n) is 4.27. The summed E-state index contributed by atoms with van der Waals surface area (Å²) in [6.07, 6.45) is 1.88. The van der Waals surface area contributed by atoms with Gasteiger partial charge >= 0.3 is 0 Å². The Bertz CT molecular complexity index is 360. The fourth-order valence-electron chi connectivity index (χ4n) is 1.69. The van der Waals surface area contributed by atoms with E-state index in [-0.39, 0.29) is 0 Å². The molecule has 0 aliphatic carbocycles. The first kappa shape index (κ1) is 13.7. The Labute approximate surface area is 105 Å². The lowest BCUT2D eigenvalue weighted by Crippen LogP contribution is -2.25. The quantitative estimate of drug-likeness (QED) is 0.734. The molecule has 0 atom stereocenters. The summed E-state index contributed by atoms with van der Waals surface area (Å²) in [5, 5.41) is 3.33. The van der Waals surface area contributed by atoms with Crippen molar-refractivity contribution < 1.29 is 0 Å². The first-order valence-electron chi connectivity index (χ1n) is 6.22. The number of hydrogen-bond donors (Lipinski definition) is 1. The van der Waals surface area contributed by atoms with Crippen molar-refractivity contribution >= 4 is 5.82 Å². The molecule has 94 valence electrons. The topological polar surface area (TPSA) is 28.2 Å². The van der Waals surface area contributed by atoms with Gasteiger partial charge in [0, 0.05) is 25.8 Å².